The Morgan fingerprint density at radius 3 is 2.25 bits per heavy atom. The summed E-state index contributed by atoms with van der Waals surface area (Å²) >= 11 is 11.9. The summed E-state index contributed by atoms with van der Waals surface area (Å²) in [5, 5.41) is 5.03. The summed E-state index contributed by atoms with van der Waals surface area (Å²) in [5.41, 5.74) is 1.46. The van der Waals surface area contributed by atoms with Gasteiger partial charge in [-0.1, -0.05) is 36.0 Å². The van der Waals surface area contributed by atoms with Crippen LogP contribution in [0.1, 0.15) is 38.2 Å². The van der Waals surface area contributed by atoms with Crippen molar-refractivity contribution < 1.29 is 0 Å². The fraction of sp³-hybridized carbons (Fsp3) is 0.538. The molecule has 3 heteroatoms. The zero-order valence-corrected chi connectivity index (χ0v) is 11.0. The number of nitrogens with one attached hydrogen (secondary N) is 1. The van der Waals surface area contributed by atoms with Gasteiger partial charge in [-0.05, 0) is 43.5 Å². The summed E-state index contributed by atoms with van der Waals surface area (Å²) in [6.45, 7) is 3.14. The summed E-state index contributed by atoms with van der Waals surface area (Å²) in [4.78, 5) is 0. The molecule has 0 aliphatic heterocycles. The van der Waals surface area contributed by atoms with Gasteiger partial charge in [0.1, 0.15) is 0 Å². The number of halogens is 2. The molecule has 0 saturated heterocycles. The molecule has 0 aromatic heterocycles. The van der Waals surface area contributed by atoms with Crippen LogP contribution in [0.4, 0.5) is 0 Å². The third kappa shape index (κ3) is 3.13. The van der Waals surface area contributed by atoms with Crippen LogP contribution in [-0.4, -0.2) is 5.54 Å². The maximum Gasteiger partial charge on any atom is 0.0424 e. The molecule has 2 rings (SSSR count). The van der Waals surface area contributed by atoms with Crippen molar-refractivity contribution in [3.8, 4) is 0 Å². The van der Waals surface area contributed by atoms with Gasteiger partial charge in [0, 0.05) is 22.1 Å². The predicted molar refractivity (Wildman–Crippen MR) is 70.2 cm³/mol. The van der Waals surface area contributed by atoms with Crippen molar-refractivity contribution in [3.05, 3.63) is 33.8 Å². The van der Waals surface area contributed by atoms with E-state index in [0.29, 0.717) is 15.6 Å². The van der Waals surface area contributed by atoms with E-state index >= 15 is 0 Å². The fourth-order valence-corrected chi connectivity index (χ4v) is 2.93. The van der Waals surface area contributed by atoms with Crippen LogP contribution in [-0.2, 0) is 6.54 Å². The normalized spacial score (nSPS) is 18.9. The second kappa shape index (κ2) is 4.95. The van der Waals surface area contributed by atoms with Crippen LogP contribution in [0, 0.1) is 0 Å². The lowest BCUT2D eigenvalue weighted by Gasteiger charge is -2.25. The molecule has 0 spiro atoms. The Bertz CT molecular complexity index is 350. The van der Waals surface area contributed by atoms with Crippen molar-refractivity contribution >= 4 is 23.2 Å². The van der Waals surface area contributed by atoms with E-state index in [2.05, 4.69) is 12.2 Å². The third-order valence-electron chi connectivity index (χ3n) is 3.35. The van der Waals surface area contributed by atoms with E-state index in [1.54, 1.807) is 6.07 Å². The van der Waals surface area contributed by atoms with E-state index in [1.807, 2.05) is 12.1 Å². The summed E-state index contributed by atoms with van der Waals surface area (Å²) in [5.74, 6) is 0. The molecule has 0 amide bonds. The molecular weight excluding hydrogens is 241 g/mol. The summed E-state index contributed by atoms with van der Waals surface area (Å²) < 4.78 is 0. The van der Waals surface area contributed by atoms with E-state index in [1.165, 1.54) is 25.7 Å². The topological polar surface area (TPSA) is 12.0 Å². The first-order valence-corrected chi connectivity index (χ1v) is 6.53. The molecule has 1 aliphatic rings. The lowest BCUT2D eigenvalue weighted by atomic mass is 10.0. The Labute approximate surface area is 107 Å². The largest absolute Gasteiger partial charge is 0.307 e. The lowest BCUT2D eigenvalue weighted by Crippen LogP contribution is -2.38. The molecule has 1 aromatic rings. The highest BCUT2D eigenvalue weighted by Crippen LogP contribution is 2.29. The van der Waals surface area contributed by atoms with Crippen molar-refractivity contribution in [1.82, 2.24) is 5.32 Å². The van der Waals surface area contributed by atoms with Crippen molar-refractivity contribution in [2.45, 2.75) is 44.7 Å². The Kier molecular flexibility index (Phi) is 3.78. The van der Waals surface area contributed by atoms with Crippen molar-refractivity contribution in [2.75, 3.05) is 0 Å². The van der Waals surface area contributed by atoms with E-state index in [-0.39, 0.29) is 0 Å². The molecule has 0 atom stereocenters. The molecule has 1 aliphatic carbocycles. The van der Waals surface area contributed by atoms with Gasteiger partial charge in [0.15, 0.2) is 0 Å². The minimum absolute atomic E-state index is 0.300. The van der Waals surface area contributed by atoms with Gasteiger partial charge < -0.3 is 5.32 Å². The molecule has 1 nitrogen and oxygen atoms in total. The first kappa shape index (κ1) is 12.2. The van der Waals surface area contributed by atoms with E-state index in [9.17, 15) is 0 Å². The van der Waals surface area contributed by atoms with Gasteiger partial charge in [-0.2, -0.15) is 0 Å². The van der Waals surface area contributed by atoms with Crippen molar-refractivity contribution in [1.29, 1.82) is 0 Å². The smallest absolute Gasteiger partial charge is 0.0424 e. The Hall–Kier alpha value is -0.240. The van der Waals surface area contributed by atoms with Gasteiger partial charge in [0.2, 0.25) is 0 Å². The first-order valence-electron chi connectivity index (χ1n) is 5.77. The SMILES string of the molecule is CC1(NCc2cc(Cl)cc(Cl)c2)CCCC1. The van der Waals surface area contributed by atoms with E-state index in [0.717, 1.165) is 12.1 Å². The van der Waals surface area contributed by atoms with Crippen LogP contribution in [0.2, 0.25) is 10.0 Å². The van der Waals surface area contributed by atoms with Crippen molar-refractivity contribution in [2.24, 2.45) is 0 Å². The molecule has 16 heavy (non-hydrogen) atoms. The van der Waals surface area contributed by atoms with Gasteiger partial charge in [-0.3, -0.25) is 0 Å². The molecular formula is C13H17Cl2N. The number of hydrogen-bond donors (Lipinski definition) is 1. The fourth-order valence-electron chi connectivity index (χ4n) is 2.36. The Balaban J connectivity index is 1.98. The molecule has 0 heterocycles. The van der Waals surface area contributed by atoms with Gasteiger partial charge >= 0.3 is 0 Å². The van der Waals surface area contributed by atoms with Gasteiger partial charge in [0.05, 0.1) is 0 Å². The highest BCUT2D eigenvalue weighted by atomic mass is 35.5. The standard InChI is InChI=1S/C13H17Cl2N/c1-13(4-2-3-5-13)16-9-10-6-11(14)8-12(15)7-10/h6-8,16H,2-5,9H2,1H3. The minimum atomic E-state index is 0.300. The van der Waals surface area contributed by atoms with Crippen molar-refractivity contribution in [3.63, 3.8) is 0 Å². The summed E-state index contributed by atoms with van der Waals surface area (Å²) in [6.07, 6.45) is 5.20. The molecule has 88 valence electrons. The second-order valence-electron chi connectivity index (χ2n) is 4.90. The van der Waals surface area contributed by atoms with Gasteiger partial charge in [-0.25, -0.2) is 0 Å². The quantitative estimate of drug-likeness (QED) is 0.846. The van der Waals surface area contributed by atoms with Gasteiger partial charge in [0.25, 0.3) is 0 Å². The average molecular weight is 258 g/mol. The van der Waals surface area contributed by atoms with Crippen LogP contribution in [0.25, 0.3) is 0 Å². The molecule has 1 N–H and O–H groups in total. The van der Waals surface area contributed by atoms with Crippen LogP contribution >= 0.6 is 23.2 Å². The highest BCUT2D eigenvalue weighted by Gasteiger charge is 2.27. The Morgan fingerprint density at radius 1 is 1.12 bits per heavy atom. The van der Waals surface area contributed by atoms with E-state index < -0.39 is 0 Å². The molecule has 1 saturated carbocycles. The Morgan fingerprint density at radius 2 is 1.69 bits per heavy atom. The van der Waals surface area contributed by atoms with Crippen LogP contribution in [0.3, 0.4) is 0 Å². The maximum absolute atomic E-state index is 5.97. The molecule has 1 aromatic carbocycles. The number of benzene rings is 1. The minimum Gasteiger partial charge on any atom is -0.307 e. The van der Waals surface area contributed by atoms with Crippen LogP contribution in [0.5, 0.6) is 0 Å². The lowest BCUT2D eigenvalue weighted by molar-refractivity contribution is 0.363. The second-order valence-corrected chi connectivity index (χ2v) is 5.77. The maximum atomic E-state index is 5.97. The zero-order chi connectivity index (χ0) is 11.6. The third-order valence-corrected chi connectivity index (χ3v) is 3.79. The first-order chi connectivity index (χ1) is 7.57. The predicted octanol–water partition coefficient (Wildman–Crippen LogP) is 4.42. The number of rotatable bonds is 3. The zero-order valence-electron chi connectivity index (χ0n) is 9.52. The van der Waals surface area contributed by atoms with Crippen LogP contribution in [0.15, 0.2) is 18.2 Å². The number of hydrogen-bond acceptors (Lipinski definition) is 1. The molecule has 1 fully saturated rings. The summed E-state index contributed by atoms with van der Waals surface area (Å²) in [7, 11) is 0. The molecule has 0 unspecified atom stereocenters. The highest BCUT2D eigenvalue weighted by molar-refractivity contribution is 6.34. The van der Waals surface area contributed by atoms with Crippen LogP contribution < -0.4 is 5.32 Å². The molecule has 0 bridgehead atoms. The molecule has 0 radical (unpaired) electrons. The monoisotopic (exact) mass is 257 g/mol. The summed E-state index contributed by atoms with van der Waals surface area (Å²) in [6, 6.07) is 5.71. The van der Waals surface area contributed by atoms with E-state index in [4.69, 9.17) is 23.2 Å². The average Bonchev–Trinajstić information content (AvgIpc) is 2.62. The van der Waals surface area contributed by atoms with Gasteiger partial charge in [-0.15, -0.1) is 0 Å².